The van der Waals surface area contributed by atoms with Gasteiger partial charge in [0.15, 0.2) is 5.82 Å². The summed E-state index contributed by atoms with van der Waals surface area (Å²) >= 11 is 0. The van der Waals surface area contributed by atoms with Gasteiger partial charge in [0.1, 0.15) is 6.04 Å². The number of ether oxygens (including phenoxy) is 1. The number of hydrogen-bond acceptors (Lipinski definition) is 7. The molecule has 1 atom stereocenters. The maximum Gasteiger partial charge on any atom is 0.241 e. The van der Waals surface area contributed by atoms with Gasteiger partial charge in [-0.25, -0.2) is 0 Å². The van der Waals surface area contributed by atoms with Crippen molar-refractivity contribution in [2.45, 2.75) is 19.5 Å². The number of piperazine rings is 1. The predicted molar refractivity (Wildman–Crippen MR) is 85.2 cm³/mol. The van der Waals surface area contributed by atoms with Crippen molar-refractivity contribution in [1.29, 1.82) is 0 Å². The van der Waals surface area contributed by atoms with Gasteiger partial charge >= 0.3 is 0 Å². The zero-order valence-electron chi connectivity index (χ0n) is 12.7. The Balaban J connectivity index is 0.00000220. The highest BCUT2D eigenvalue weighted by Gasteiger charge is 2.25. The van der Waals surface area contributed by atoms with Crippen LogP contribution in [-0.4, -0.2) is 71.8 Å². The molecule has 1 aromatic rings. The lowest BCUT2D eigenvalue weighted by molar-refractivity contribution is -0.135. The Bertz CT molecular complexity index is 452. The van der Waals surface area contributed by atoms with Crippen LogP contribution in [0.3, 0.4) is 0 Å². The smallest absolute Gasteiger partial charge is 0.241 e. The van der Waals surface area contributed by atoms with Gasteiger partial charge < -0.3 is 19.9 Å². The molecule has 0 aliphatic carbocycles. The minimum Gasteiger partial charge on any atom is -0.383 e. The van der Waals surface area contributed by atoms with Crippen molar-refractivity contribution in [2.24, 2.45) is 5.73 Å². The Kier molecular flexibility index (Phi) is 9.54. The van der Waals surface area contributed by atoms with E-state index in [9.17, 15) is 4.79 Å². The first kappa shape index (κ1) is 21.1. The van der Waals surface area contributed by atoms with E-state index in [1.54, 1.807) is 11.8 Å². The standard InChI is InChI=1S/C12H21N5O3.2ClH/c1-9-14-11(20-15-9)7-16-3-5-17(6-4-16)12(18)10(13)8-19-2;;/h10H,3-8,13H2,1-2H3;2*1H. The molecule has 0 radical (unpaired) electrons. The average molecular weight is 356 g/mol. The minimum atomic E-state index is -0.579. The zero-order chi connectivity index (χ0) is 14.5. The predicted octanol–water partition coefficient (Wildman–Crippen LogP) is -0.160. The van der Waals surface area contributed by atoms with Crippen LogP contribution in [0.25, 0.3) is 0 Å². The molecule has 8 nitrogen and oxygen atoms in total. The molecule has 10 heteroatoms. The molecule has 2 heterocycles. The molecular weight excluding hydrogens is 333 g/mol. The van der Waals surface area contributed by atoms with Gasteiger partial charge in [-0.3, -0.25) is 9.69 Å². The van der Waals surface area contributed by atoms with E-state index in [0.717, 1.165) is 13.1 Å². The van der Waals surface area contributed by atoms with Crippen molar-refractivity contribution >= 4 is 30.7 Å². The minimum absolute atomic E-state index is 0. The van der Waals surface area contributed by atoms with Gasteiger partial charge in [-0.1, -0.05) is 5.16 Å². The molecular formula is C12H23Cl2N5O3. The number of methoxy groups -OCH3 is 1. The van der Waals surface area contributed by atoms with Gasteiger partial charge in [-0.15, -0.1) is 24.8 Å². The third-order valence-electron chi connectivity index (χ3n) is 3.28. The molecule has 128 valence electrons. The molecule has 0 aromatic carbocycles. The molecule has 1 amide bonds. The summed E-state index contributed by atoms with van der Waals surface area (Å²) in [6.07, 6.45) is 0. The molecule has 1 saturated heterocycles. The van der Waals surface area contributed by atoms with Crippen LogP contribution in [0.5, 0.6) is 0 Å². The highest BCUT2D eigenvalue weighted by molar-refractivity contribution is 5.85. The topological polar surface area (TPSA) is 97.7 Å². The van der Waals surface area contributed by atoms with E-state index in [-0.39, 0.29) is 37.3 Å². The number of aryl methyl sites for hydroxylation is 1. The van der Waals surface area contributed by atoms with E-state index in [1.165, 1.54) is 7.11 Å². The normalized spacial score (nSPS) is 16.6. The van der Waals surface area contributed by atoms with E-state index >= 15 is 0 Å². The summed E-state index contributed by atoms with van der Waals surface area (Å²) in [5.74, 6) is 1.19. The number of carbonyl (C=O) groups is 1. The average Bonchev–Trinajstić information content (AvgIpc) is 2.84. The molecule has 2 N–H and O–H groups in total. The highest BCUT2D eigenvalue weighted by atomic mass is 35.5. The molecule has 0 spiro atoms. The van der Waals surface area contributed by atoms with Gasteiger partial charge in [-0.2, -0.15) is 4.98 Å². The summed E-state index contributed by atoms with van der Waals surface area (Å²) in [6.45, 7) is 5.51. The third-order valence-corrected chi connectivity index (χ3v) is 3.28. The van der Waals surface area contributed by atoms with Crippen molar-refractivity contribution in [3.8, 4) is 0 Å². The van der Waals surface area contributed by atoms with Crippen LogP contribution in [0, 0.1) is 6.92 Å². The Morgan fingerprint density at radius 3 is 2.50 bits per heavy atom. The number of carbonyl (C=O) groups excluding carboxylic acids is 1. The number of nitrogens with two attached hydrogens (primary N) is 1. The molecule has 2 rings (SSSR count). The van der Waals surface area contributed by atoms with Gasteiger partial charge in [0.25, 0.3) is 0 Å². The molecule has 1 fully saturated rings. The second kappa shape index (κ2) is 9.96. The van der Waals surface area contributed by atoms with Gasteiger partial charge in [0.05, 0.1) is 13.2 Å². The monoisotopic (exact) mass is 355 g/mol. The van der Waals surface area contributed by atoms with E-state index in [2.05, 4.69) is 15.0 Å². The van der Waals surface area contributed by atoms with Crippen LogP contribution >= 0.6 is 24.8 Å². The van der Waals surface area contributed by atoms with Crippen LogP contribution in [0.15, 0.2) is 4.52 Å². The van der Waals surface area contributed by atoms with Crippen LogP contribution in [0.1, 0.15) is 11.7 Å². The fourth-order valence-electron chi connectivity index (χ4n) is 2.21. The fraction of sp³-hybridized carbons (Fsp3) is 0.750. The van der Waals surface area contributed by atoms with Crippen LogP contribution in [0.2, 0.25) is 0 Å². The van der Waals surface area contributed by atoms with Crippen molar-refractivity contribution < 1.29 is 14.1 Å². The molecule has 0 bridgehead atoms. The fourth-order valence-corrected chi connectivity index (χ4v) is 2.21. The Morgan fingerprint density at radius 2 is 2.00 bits per heavy atom. The third kappa shape index (κ3) is 5.69. The van der Waals surface area contributed by atoms with Crippen molar-refractivity contribution in [2.75, 3.05) is 39.9 Å². The van der Waals surface area contributed by atoms with Crippen molar-refractivity contribution in [3.63, 3.8) is 0 Å². The number of rotatable bonds is 5. The first-order chi connectivity index (χ1) is 9.60. The summed E-state index contributed by atoms with van der Waals surface area (Å²) in [5.41, 5.74) is 5.76. The second-order valence-corrected chi connectivity index (χ2v) is 4.90. The number of amides is 1. The molecule has 22 heavy (non-hydrogen) atoms. The summed E-state index contributed by atoms with van der Waals surface area (Å²) in [7, 11) is 1.54. The maximum atomic E-state index is 12.0. The summed E-state index contributed by atoms with van der Waals surface area (Å²) in [4.78, 5) is 20.1. The van der Waals surface area contributed by atoms with Crippen LogP contribution in [-0.2, 0) is 16.1 Å². The first-order valence-corrected chi connectivity index (χ1v) is 6.65. The van der Waals surface area contributed by atoms with E-state index < -0.39 is 6.04 Å². The molecule has 0 saturated carbocycles. The summed E-state index contributed by atoms with van der Waals surface area (Å²) in [6, 6.07) is -0.579. The van der Waals surface area contributed by atoms with Gasteiger partial charge in [-0.05, 0) is 6.92 Å². The number of hydrogen-bond donors (Lipinski definition) is 1. The lowest BCUT2D eigenvalue weighted by atomic mass is 10.2. The van der Waals surface area contributed by atoms with E-state index in [0.29, 0.717) is 31.3 Å². The summed E-state index contributed by atoms with van der Waals surface area (Å²) < 4.78 is 10.00. The Morgan fingerprint density at radius 1 is 1.36 bits per heavy atom. The van der Waals surface area contributed by atoms with Crippen molar-refractivity contribution in [3.05, 3.63) is 11.7 Å². The van der Waals surface area contributed by atoms with Gasteiger partial charge in [0.2, 0.25) is 11.8 Å². The second-order valence-electron chi connectivity index (χ2n) is 4.90. The SMILES string of the molecule is COCC(N)C(=O)N1CCN(Cc2nc(C)no2)CC1.Cl.Cl. The van der Waals surface area contributed by atoms with Crippen molar-refractivity contribution in [1.82, 2.24) is 19.9 Å². The Labute approximate surface area is 142 Å². The quantitative estimate of drug-likeness (QED) is 0.783. The van der Waals surface area contributed by atoms with Crippen LogP contribution < -0.4 is 5.73 Å². The highest BCUT2D eigenvalue weighted by Crippen LogP contribution is 2.08. The number of aromatic nitrogens is 2. The number of halogens is 2. The lowest BCUT2D eigenvalue weighted by Crippen LogP contribution is -2.53. The zero-order valence-corrected chi connectivity index (χ0v) is 14.4. The number of nitrogens with zero attached hydrogens (tertiary/aromatic N) is 4. The maximum absolute atomic E-state index is 12.0. The van der Waals surface area contributed by atoms with E-state index in [4.69, 9.17) is 15.0 Å². The first-order valence-electron chi connectivity index (χ1n) is 6.65. The Hall–Kier alpha value is -0.930. The molecule has 1 aromatic heterocycles. The van der Waals surface area contributed by atoms with Crippen LogP contribution in [0.4, 0.5) is 0 Å². The molecule has 1 aliphatic heterocycles. The largest absolute Gasteiger partial charge is 0.383 e. The van der Waals surface area contributed by atoms with Gasteiger partial charge in [0, 0.05) is 33.3 Å². The summed E-state index contributed by atoms with van der Waals surface area (Å²) in [5, 5.41) is 3.76. The molecule has 1 unspecified atom stereocenters. The molecule has 1 aliphatic rings. The van der Waals surface area contributed by atoms with E-state index in [1.807, 2.05) is 0 Å². The lowest BCUT2D eigenvalue weighted by Gasteiger charge is -2.35.